The predicted molar refractivity (Wildman–Crippen MR) is 110 cm³/mol. The van der Waals surface area contributed by atoms with Crippen molar-refractivity contribution in [2.45, 2.75) is 12.5 Å². The second-order valence-corrected chi connectivity index (χ2v) is 7.23. The number of para-hydroxylation sites is 1. The second kappa shape index (κ2) is 7.53. The van der Waals surface area contributed by atoms with Crippen LogP contribution in [0.5, 0.6) is 17.4 Å². The number of rotatable bonds is 4. The number of hydrogen-bond acceptors (Lipinski definition) is 5. The summed E-state index contributed by atoms with van der Waals surface area (Å²) in [6.45, 7) is 0.468. The molecule has 4 aromatic rings. The predicted octanol–water partition coefficient (Wildman–Crippen LogP) is 4.71. The Labute approximate surface area is 168 Å². The minimum atomic E-state index is -0.632. The van der Waals surface area contributed by atoms with Gasteiger partial charge >= 0.3 is 0 Å². The van der Waals surface area contributed by atoms with Crippen LogP contribution in [0.1, 0.15) is 17.2 Å². The molecule has 0 spiro atoms. The molecule has 1 aliphatic rings. The molecule has 0 saturated carbocycles. The second-order valence-electron chi connectivity index (χ2n) is 7.23. The van der Waals surface area contributed by atoms with Gasteiger partial charge in [-0.2, -0.15) is 0 Å². The highest BCUT2D eigenvalue weighted by Gasteiger charge is 2.30. The molecule has 1 aliphatic heterocycles. The number of benzene rings is 2. The molecule has 5 nitrogen and oxygen atoms in total. The Morgan fingerprint density at radius 1 is 1.03 bits per heavy atom. The minimum Gasteiger partial charge on any atom is -0.493 e. The molecule has 1 N–H and O–H groups in total. The van der Waals surface area contributed by atoms with Crippen molar-refractivity contribution in [3.8, 4) is 17.4 Å². The lowest BCUT2D eigenvalue weighted by Gasteiger charge is -2.30. The largest absolute Gasteiger partial charge is 0.493 e. The highest BCUT2D eigenvalue weighted by molar-refractivity contribution is 5.78. The topological polar surface area (TPSA) is 64.5 Å². The number of hydrogen-bond donors (Lipinski definition) is 1. The van der Waals surface area contributed by atoms with Crippen molar-refractivity contribution in [3.05, 3.63) is 90.3 Å². The van der Waals surface area contributed by atoms with Gasteiger partial charge in [0.25, 0.3) is 0 Å². The lowest BCUT2D eigenvalue weighted by Crippen LogP contribution is -2.27. The number of ether oxygens (including phenoxy) is 2. The summed E-state index contributed by atoms with van der Waals surface area (Å²) in [5, 5.41) is 12.0. The minimum absolute atomic E-state index is 0.0410. The molecule has 3 heterocycles. The number of nitrogens with zero attached hydrogens (tertiary/aromatic N) is 2. The van der Waals surface area contributed by atoms with Crippen LogP contribution in [0, 0.1) is 5.92 Å². The number of aliphatic hydroxyl groups is 1. The molecule has 0 unspecified atom stereocenters. The van der Waals surface area contributed by atoms with Crippen LogP contribution in [0.15, 0.2) is 79.1 Å². The van der Waals surface area contributed by atoms with Gasteiger partial charge in [-0.3, -0.25) is 4.98 Å². The monoisotopic (exact) mass is 384 g/mol. The number of aromatic nitrogens is 2. The SMILES string of the molecule is O[C@@H]1c2cc(Oc3ccc4ccccc4n3)ccc2OC[C@@H]1Cc1cccnc1. The van der Waals surface area contributed by atoms with Gasteiger partial charge in [-0.25, -0.2) is 4.98 Å². The van der Waals surface area contributed by atoms with E-state index in [4.69, 9.17) is 9.47 Å². The maximum absolute atomic E-state index is 10.9. The first-order valence-electron chi connectivity index (χ1n) is 9.64. The third kappa shape index (κ3) is 3.65. The van der Waals surface area contributed by atoms with Gasteiger partial charge in [0.05, 0.1) is 18.2 Å². The van der Waals surface area contributed by atoms with E-state index in [0.29, 0.717) is 30.4 Å². The number of aliphatic hydroxyl groups excluding tert-OH is 1. The number of pyridine rings is 2. The molecule has 0 fully saturated rings. The first kappa shape index (κ1) is 17.6. The standard InChI is InChI=1S/C24H20N2O3/c27-24-18(12-16-4-3-11-25-14-16)15-28-22-9-8-19(13-20(22)24)29-23-10-7-17-5-1-2-6-21(17)26-23/h1-11,13-14,18,24,27H,12,15H2/t18-,24-/m0/s1. The molecule has 2 atom stereocenters. The fourth-order valence-electron chi connectivity index (χ4n) is 3.71. The fraction of sp³-hybridized carbons (Fsp3) is 0.167. The molecule has 0 saturated heterocycles. The Morgan fingerprint density at radius 3 is 2.86 bits per heavy atom. The molecule has 0 amide bonds. The van der Waals surface area contributed by atoms with E-state index < -0.39 is 6.10 Å². The molecular weight excluding hydrogens is 364 g/mol. The van der Waals surface area contributed by atoms with Gasteiger partial charge in [-0.05, 0) is 48.4 Å². The van der Waals surface area contributed by atoms with Crippen LogP contribution in [-0.2, 0) is 6.42 Å². The fourth-order valence-corrected chi connectivity index (χ4v) is 3.71. The highest BCUT2D eigenvalue weighted by Crippen LogP contribution is 2.39. The molecular formula is C24H20N2O3. The summed E-state index contributed by atoms with van der Waals surface area (Å²) < 4.78 is 11.9. The van der Waals surface area contributed by atoms with Gasteiger partial charge in [-0.1, -0.05) is 24.3 Å². The van der Waals surface area contributed by atoms with E-state index >= 15 is 0 Å². The van der Waals surface area contributed by atoms with Crippen LogP contribution in [0.3, 0.4) is 0 Å². The Balaban J connectivity index is 1.38. The van der Waals surface area contributed by atoms with Gasteiger partial charge in [0, 0.05) is 35.3 Å². The van der Waals surface area contributed by atoms with Crippen LogP contribution in [0.25, 0.3) is 10.9 Å². The van der Waals surface area contributed by atoms with Crippen molar-refractivity contribution in [1.82, 2.24) is 9.97 Å². The Morgan fingerprint density at radius 2 is 1.97 bits per heavy atom. The Kier molecular flexibility index (Phi) is 4.58. The van der Waals surface area contributed by atoms with E-state index in [-0.39, 0.29) is 5.92 Å². The molecule has 144 valence electrons. The van der Waals surface area contributed by atoms with Crippen LogP contribution in [-0.4, -0.2) is 21.7 Å². The molecule has 29 heavy (non-hydrogen) atoms. The van der Waals surface area contributed by atoms with E-state index in [1.54, 1.807) is 6.20 Å². The van der Waals surface area contributed by atoms with Crippen molar-refractivity contribution >= 4 is 10.9 Å². The lowest BCUT2D eigenvalue weighted by atomic mass is 9.88. The van der Waals surface area contributed by atoms with Gasteiger partial charge < -0.3 is 14.6 Å². The molecule has 0 radical (unpaired) electrons. The summed E-state index contributed by atoms with van der Waals surface area (Å²) in [7, 11) is 0. The first-order chi connectivity index (χ1) is 14.3. The lowest BCUT2D eigenvalue weighted by molar-refractivity contribution is 0.0505. The molecule has 2 aromatic heterocycles. The van der Waals surface area contributed by atoms with Gasteiger partial charge in [0.1, 0.15) is 11.5 Å². The molecule has 5 rings (SSSR count). The normalized spacial score (nSPS) is 18.1. The average Bonchev–Trinajstić information content (AvgIpc) is 2.77. The zero-order valence-electron chi connectivity index (χ0n) is 15.7. The van der Waals surface area contributed by atoms with E-state index in [2.05, 4.69) is 9.97 Å². The Hall–Kier alpha value is -3.44. The molecule has 5 heteroatoms. The third-order valence-electron chi connectivity index (χ3n) is 5.22. The molecule has 0 bridgehead atoms. The first-order valence-corrected chi connectivity index (χ1v) is 9.64. The zero-order valence-corrected chi connectivity index (χ0v) is 15.7. The third-order valence-corrected chi connectivity index (χ3v) is 5.22. The summed E-state index contributed by atoms with van der Waals surface area (Å²) in [5.41, 5.74) is 2.70. The Bertz CT molecular complexity index is 1150. The van der Waals surface area contributed by atoms with Crippen LogP contribution in [0.4, 0.5) is 0 Å². The summed E-state index contributed by atoms with van der Waals surface area (Å²) >= 11 is 0. The smallest absolute Gasteiger partial charge is 0.219 e. The molecule has 2 aromatic carbocycles. The summed E-state index contributed by atoms with van der Waals surface area (Å²) in [6.07, 6.45) is 3.64. The van der Waals surface area contributed by atoms with Crippen LogP contribution < -0.4 is 9.47 Å². The maximum Gasteiger partial charge on any atom is 0.219 e. The number of fused-ring (bicyclic) bond motifs is 2. The van der Waals surface area contributed by atoms with Gasteiger partial charge in [0.15, 0.2) is 0 Å². The van der Waals surface area contributed by atoms with E-state index in [1.165, 1.54) is 0 Å². The quantitative estimate of drug-likeness (QED) is 0.552. The van der Waals surface area contributed by atoms with Crippen LogP contribution >= 0.6 is 0 Å². The van der Waals surface area contributed by atoms with Crippen molar-refractivity contribution in [2.75, 3.05) is 6.61 Å². The highest BCUT2D eigenvalue weighted by atomic mass is 16.5. The van der Waals surface area contributed by atoms with E-state index in [1.807, 2.05) is 72.9 Å². The summed E-state index contributed by atoms with van der Waals surface area (Å²) in [6, 6.07) is 21.2. The van der Waals surface area contributed by atoms with Crippen molar-refractivity contribution < 1.29 is 14.6 Å². The van der Waals surface area contributed by atoms with Gasteiger partial charge in [0.2, 0.25) is 5.88 Å². The van der Waals surface area contributed by atoms with Crippen molar-refractivity contribution in [3.63, 3.8) is 0 Å². The molecule has 0 aliphatic carbocycles. The summed E-state index contributed by atoms with van der Waals surface area (Å²) in [5.74, 6) is 1.79. The maximum atomic E-state index is 10.9. The van der Waals surface area contributed by atoms with E-state index in [9.17, 15) is 5.11 Å². The van der Waals surface area contributed by atoms with Crippen molar-refractivity contribution in [1.29, 1.82) is 0 Å². The van der Waals surface area contributed by atoms with E-state index in [0.717, 1.165) is 22.0 Å². The average molecular weight is 384 g/mol. The zero-order chi connectivity index (χ0) is 19.6. The summed E-state index contributed by atoms with van der Waals surface area (Å²) in [4.78, 5) is 8.70. The van der Waals surface area contributed by atoms with Crippen molar-refractivity contribution in [2.24, 2.45) is 5.92 Å². The van der Waals surface area contributed by atoms with Gasteiger partial charge in [-0.15, -0.1) is 0 Å². The van der Waals surface area contributed by atoms with Crippen LogP contribution in [0.2, 0.25) is 0 Å².